The van der Waals surface area contributed by atoms with E-state index in [1.54, 1.807) is 30.3 Å². The summed E-state index contributed by atoms with van der Waals surface area (Å²) in [6.07, 6.45) is 1.31. The van der Waals surface area contributed by atoms with Crippen LogP contribution in [0.4, 0.5) is 0 Å². The van der Waals surface area contributed by atoms with Gasteiger partial charge in [-0.3, -0.25) is 0 Å². The fraction of sp³-hybridized carbons (Fsp3) is 0.167. The van der Waals surface area contributed by atoms with E-state index in [-0.39, 0.29) is 22.0 Å². The number of aromatic carboxylic acids is 1. The van der Waals surface area contributed by atoms with Gasteiger partial charge in [-0.05, 0) is 23.8 Å². The van der Waals surface area contributed by atoms with Crippen LogP contribution < -0.4 is 0 Å². The van der Waals surface area contributed by atoms with Gasteiger partial charge in [0.05, 0.1) is 22.4 Å². The van der Waals surface area contributed by atoms with Crippen LogP contribution in [0.5, 0.6) is 0 Å². The quantitative estimate of drug-likeness (QED) is 0.737. The number of halogens is 1. The zero-order valence-corrected chi connectivity index (χ0v) is 16.8. The van der Waals surface area contributed by atoms with Gasteiger partial charge in [-0.15, -0.1) is 0 Å². The average molecular weight is 442 g/mol. The van der Waals surface area contributed by atoms with Crippen LogP contribution in [0.2, 0.25) is 5.02 Å². The number of sulfonamides is 1. The molecule has 2 aromatic carbocycles. The molecule has 3 rings (SSSR count). The molecule has 0 unspecified atom stereocenters. The fourth-order valence-corrected chi connectivity index (χ4v) is 6.31. The minimum absolute atomic E-state index is 0.0959. The Labute approximate surface area is 167 Å². The fourth-order valence-electron chi connectivity index (χ4n) is 2.84. The highest BCUT2D eigenvalue weighted by atomic mass is 35.5. The van der Waals surface area contributed by atoms with Crippen LogP contribution in [0, 0.1) is 0 Å². The van der Waals surface area contributed by atoms with Crippen LogP contribution in [0.3, 0.4) is 0 Å². The monoisotopic (exact) mass is 441 g/mol. The predicted molar refractivity (Wildman–Crippen MR) is 104 cm³/mol. The van der Waals surface area contributed by atoms with Crippen molar-refractivity contribution in [3.8, 4) is 0 Å². The van der Waals surface area contributed by atoms with Crippen LogP contribution in [0.15, 0.2) is 64.9 Å². The summed E-state index contributed by atoms with van der Waals surface area (Å²) >= 11 is 6.06. The molecule has 1 atom stereocenters. The summed E-state index contributed by atoms with van der Waals surface area (Å²) in [7, 11) is -7.82. The summed E-state index contributed by atoms with van der Waals surface area (Å²) in [5.41, 5.74) is 0.409. The van der Waals surface area contributed by atoms with Crippen LogP contribution >= 0.6 is 11.6 Å². The van der Waals surface area contributed by atoms with E-state index in [1.807, 2.05) is 0 Å². The summed E-state index contributed by atoms with van der Waals surface area (Å²) in [4.78, 5) is 10.9. The molecule has 0 fully saturated rings. The van der Waals surface area contributed by atoms with Crippen LogP contribution in [0.25, 0.3) is 0 Å². The van der Waals surface area contributed by atoms with Gasteiger partial charge in [0.1, 0.15) is 4.90 Å². The first kappa shape index (κ1) is 20.5. The molecule has 1 heterocycles. The second kappa shape index (κ2) is 7.67. The van der Waals surface area contributed by atoms with Crippen molar-refractivity contribution in [1.29, 1.82) is 0 Å². The molecule has 1 aliphatic rings. The van der Waals surface area contributed by atoms with E-state index in [0.717, 1.165) is 15.8 Å². The second-order valence-corrected chi connectivity index (χ2v) is 10.4. The van der Waals surface area contributed by atoms with Gasteiger partial charge in [0, 0.05) is 12.0 Å². The van der Waals surface area contributed by atoms with Gasteiger partial charge in [0.25, 0.3) is 0 Å². The Bertz CT molecular complexity index is 1140. The van der Waals surface area contributed by atoms with Crippen LogP contribution in [-0.4, -0.2) is 44.0 Å². The summed E-state index contributed by atoms with van der Waals surface area (Å²) in [5, 5.41) is 10.0. The van der Waals surface area contributed by atoms with E-state index in [9.17, 15) is 26.7 Å². The summed E-state index contributed by atoms with van der Waals surface area (Å²) in [5.74, 6) is -1.69. The van der Waals surface area contributed by atoms with E-state index < -0.39 is 37.6 Å². The van der Waals surface area contributed by atoms with Gasteiger partial charge < -0.3 is 5.11 Å². The maximum absolute atomic E-state index is 13.4. The molecule has 2 aromatic rings. The molecule has 0 aromatic heterocycles. The minimum atomic E-state index is -4.30. The molecule has 0 radical (unpaired) electrons. The Hall–Kier alpha value is -2.20. The summed E-state index contributed by atoms with van der Waals surface area (Å²) in [6.45, 7) is -0.0959. The molecule has 7 nitrogen and oxygen atoms in total. The zero-order chi connectivity index (χ0) is 20.5. The number of carboxylic acids is 1. The molecule has 0 spiro atoms. The predicted octanol–water partition coefficient (Wildman–Crippen LogP) is 2.54. The molecule has 1 N–H and O–H groups in total. The molecule has 0 bridgehead atoms. The molecular weight excluding hydrogens is 426 g/mol. The average Bonchev–Trinajstić information content (AvgIpc) is 2.99. The largest absolute Gasteiger partial charge is 0.478 e. The molecule has 0 saturated heterocycles. The number of benzene rings is 2. The summed E-state index contributed by atoms with van der Waals surface area (Å²) < 4.78 is 51.4. The highest BCUT2D eigenvalue weighted by Crippen LogP contribution is 2.30. The third kappa shape index (κ3) is 4.27. The van der Waals surface area contributed by atoms with Gasteiger partial charge in [-0.1, -0.05) is 48.0 Å². The standard InChI is InChI=1S/C18H16ClNO6S2/c19-16-7-6-14(18(21)22)10-17(16)28(25,26)20(11-13-4-2-1-3-5-13)15-8-9-27(23,24)12-15/h1-10,15H,11-12H2,(H,21,22)/t15-/m0/s1. The van der Waals surface area contributed by atoms with Crippen molar-refractivity contribution in [3.63, 3.8) is 0 Å². The number of rotatable bonds is 6. The highest BCUT2D eigenvalue weighted by molar-refractivity contribution is 7.94. The summed E-state index contributed by atoms with van der Waals surface area (Å²) in [6, 6.07) is 11.1. The van der Waals surface area contributed by atoms with Crippen LogP contribution in [-0.2, 0) is 26.4 Å². The lowest BCUT2D eigenvalue weighted by molar-refractivity contribution is 0.0696. The lowest BCUT2D eigenvalue weighted by Gasteiger charge is -2.27. The van der Waals surface area contributed by atoms with E-state index in [4.69, 9.17) is 11.6 Å². The Kier molecular flexibility index (Phi) is 5.62. The third-order valence-corrected chi connectivity index (χ3v) is 7.96. The highest BCUT2D eigenvalue weighted by Gasteiger charge is 2.37. The maximum Gasteiger partial charge on any atom is 0.335 e. The molecular formula is C18H16ClNO6S2. The smallest absolute Gasteiger partial charge is 0.335 e. The Morgan fingerprint density at radius 3 is 2.43 bits per heavy atom. The number of nitrogens with zero attached hydrogens (tertiary/aromatic N) is 1. The van der Waals surface area contributed by atoms with Crippen molar-refractivity contribution in [2.45, 2.75) is 17.5 Å². The number of sulfone groups is 1. The Morgan fingerprint density at radius 2 is 1.86 bits per heavy atom. The number of hydrogen-bond acceptors (Lipinski definition) is 5. The topological polar surface area (TPSA) is 109 Å². The van der Waals surface area contributed by atoms with Gasteiger partial charge >= 0.3 is 5.97 Å². The lowest BCUT2D eigenvalue weighted by atomic mass is 10.2. The van der Waals surface area contributed by atoms with E-state index in [0.29, 0.717) is 5.56 Å². The van der Waals surface area contributed by atoms with Crippen molar-refractivity contribution in [1.82, 2.24) is 4.31 Å². The molecule has 0 amide bonds. The van der Waals surface area contributed by atoms with Crippen LogP contribution in [0.1, 0.15) is 15.9 Å². The SMILES string of the molecule is O=C(O)c1ccc(Cl)c(S(=O)(=O)N(Cc2ccccc2)[C@H]2C=CS(=O)(=O)C2)c1. The molecule has 0 aliphatic carbocycles. The van der Waals surface area contributed by atoms with Gasteiger partial charge in [-0.2, -0.15) is 4.31 Å². The van der Waals surface area contributed by atoms with Crippen molar-refractivity contribution in [2.24, 2.45) is 0 Å². The molecule has 1 aliphatic heterocycles. The number of hydrogen-bond donors (Lipinski definition) is 1. The normalized spacial score (nSPS) is 18.4. The van der Waals surface area contributed by atoms with Crippen molar-refractivity contribution < 1.29 is 26.7 Å². The minimum Gasteiger partial charge on any atom is -0.478 e. The van der Waals surface area contributed by atoms with E-state index >= 15 is 0 Å². The Balaban J connectivity index is 2.10. The second-order valence-electron chi connectivity index (χ2n) is 6.21. The molecule has 10 heteroatoms. The molecule has 148 valence electrons. The van der Waals surface area contributed by atoms with Crippen molar-refractivity contribution in [2.75, 3.05) is 5.75 Å². The first-order valence-electron chi connectivity index (χ1n) is 8.10. The number of carbonyl (C=O) groups is 1. The molecule has 0 saturated carbocycles. The van der Waals surface area contributed by atoms with Crippen molar-refractivity contribution >= 4 is 37.4 Å². The first-order chi connectivity index (χ1) is 13.1. The van der Waals surface area contributed by atoms with Gasteiger partial charge in [0.15, 0.2) is 9.84 Å². The van der Waals surface area contributed by atoms with Gasteiger partial charge in [0.2, 0.25) is 10.0 Å². The lowest BCUT2D eigenvalue weighted by Crippen LogP contribution is -2.40. The first-order valence-corrected chi connectivity index (χ1v) is 11.6. The Morgan fingerprint density at radius 1 is 1.18 bits per heavy atom. The van der Waals surface area contributed by atoms with E-state index in [1.165, 1.54) is 18.2 Å². The van der Waals surface area contributed by atoms with E-state index in [2.05, 4.69) is 0 Å². The zero-order valence-electron chi connectivity index (χ0n) is 14.4. The molecule has 28 heavy (non-hydrogen) atoms. The third-order valence-electron chi connectivity index (χ3n) is 4.23. The van der Waals surface area contributed by atoms with Gasteiger partial charge in [-0.25, -0.2) is 21.6 Å². The van der Waals surface area contributed by atoms with Crippen molar-refractivity contribution in [3.05, 3.63) is 76.2 Å². The number of carboxylic acid groups (broad SMARTS) is 1. The maximum atomic E-state index is 13.4.